The Labute approximate surface area is 99.7 Å². The molecule has 0 bridgehead atoms. The Morgan fingerprint density at radius 3 is 2.53 bits per heavy atom. The van der Waals surface area contributed by atoms with Crippen LogP contribution < -0.4 is 10.6 Å². The largest absolute Gasteiger partial charge is 0.396 e. The number of pyridine rings is 1. The number of aromatic nitrogens is 1. The molecule has 0 saturated carbocycles. The van der Waals surface area contributed by atoms with E-state index in [0.29, 0.717) is 5.69 Å². The third-order valence-corrected chi connectivity index (χ3v) is 2.57. The molecule has 4 heteroatoms. The first-order valence-electron chi connectivity index (χ1n) is 5.45. The van der Waals surface area contributed by atoms with Crippen molar-refractivity contribution in [2.24, 2.45) is 0 Å². The van der Waals surface area contributed by atoms with E-state index in [4.69, 9.17) is 5.73 Å². The third kappa shape index (κ3) is 2.36. The summed E-state index contributed by atoms with van der Waals surface area (Å²) >= 11 is 0. The molecule has 0 radical (unpaired) electrons. The van der Waals surface area contributed by atoms with Gasteiger partial charge in [-0.05, 0) is 37.3 Å². The van der Waals surface area contributed by atoms with Crippen LogP contribution in [0.1, 0.15) is 6.92 Å². The second-order valence-electron chi connectivity index (χ2n) is 3.66. The minimum Gasteiger partial charge on any atom is -0.396 e. The van der Waals surface area contributed by atoms with Crippen molar-refractivity contribution in [2.75, 3.05) is 17.2 Å². The molecule has 0 aliphatic carbocycles. The van der Waals surface area contributed by atoms with E-state index in [0.717, 1.165) is 17.9 Å². The van der Waals surface area contributed by atoms with Crippen molar-refractivity contribution in [2.45, 2.75) is 6.92 Å². The van der Waals surface area contributed by atoms with Crippen LogP contribution in [0.5, 0.6) is 0 Å². The molecule has 88 valence electrons. The van der Waals surface area contributed by atoms with Crippen LogP contribution in [0.25, 0.3) is 0 Å². The maximum atomic E-state index is 12.9. The monoisotopic (exact) mass is 231 g/mol. The zero-order valence-electron chi connectivity index (χ0n) is 9.60. The number of rotatable bonds is 3. The van der Waals surface area contributed by atoms with Gasteiger partial charge in [0.25, 0.3) is 0 Å². The Morgan fingerprint density at radius 2 is 1.94 bits per heavy atom. The van der Waals surface area contributed by atoms with Gasteiger partial charge in [0, 0.05) is 18.4 Å². The highest BCUT2D eigenvalue weighted by molar-refractivity contribution is 5.73. The van der Waals surface area contributed by atoms with Crippen molar-refractivity contribution >= 4 is 17.1 Å². The number of halogens is 1. The molecular formula is C13H14FN3. The Bertz CT molecular complexity index is 496. The van der Waals surface area contributed by atoms with Crippen LogP contribution in [0.4, 0.5) is 21.5 Å². The molecule has 0 atom stereocenters. The molecule has 0 aliphatic rings. The van der Waals surface area contributed by atoms with E-state index in [9.17, 15) is 4.39 Å². The molecule has 1 aromatic carbocycles. The van der Waals surface area contributed by atoms with Gasteiger partial charge in [0.15, 0.2) is 0 Å². The molecule has 2 rings (SSSR count). The van der Waals surface area contributed by atoms with Crippen LogP contribution in [0.3, 0.4) is 0 Å². The van der Waals surface area contributed by atoms with Crippen molar-refractivity contribution in [3.8, 4) is 0 Å². The van der Waals surface area contributed by atoms with Crippen LogP contribution in [0.15, 0.2) is 42.7 Å². The quantitative estimate of drug-likeness (QED) is 0.883. The molecule has 3 nitrogen and oxygen atoms in total. The number of benzene rings is 1. The number of nitrogens with two attached hydrogens (primary N) is 1. The Balaban J connectivity index is 2.40. The van der Waals surface area contributed by atoms with Crippen LogP contribution in [0.2, 0.25) is 0 Å². The number of anilines is 3. The second-order valence-corrected chi connectivity index (χ2v) is 3.66. The van der Waals surface area contributed by atoms with Crippen molar-refractivity contribution in [1.82, 2.24) is 4.98 Å². The van der Waals surface area contributed by atoms with Crippen molar-refractivity contribution in [3.05, 3.63) is 48.5 Å². The van der Waals surface area contributed by atoms with Crippen LogP contribution in [-0.4, -0.2) is 11.5 Å². The van der Waals surface area contributed by atoms with Crippen molar-refractivity contribution < 1.29 is 4.39 Å². The Hall–Kier alpha value is -2.10. The molecule has 1 heterocycles. The van der Waals surface area contributed by atoms with Gasteiger partial charge in [-0.3, -0.25) is 4.98 Å². The van der Waals surface area contributed by atoms with E-state index in [-0.39, 0.29) is 5.82 Å². The number of hydrogen-bond acceptors (Lipinski definition) is 3. The van der Waals surface area contributed by atoms with E-state index in [1.54, 1.807) is 24.5 Å². The number of nitrogen functional groups attached to an aromatic ring is 1. The minimum atomic E-state index is -0.243. The van der Waals surface area contributed by atoms with Gasteiger partial charge in [-0.25, -0.2) is 4.39 Å². The van der Waals surface area contributed by atoms with Gasteiger partial charge in [-0.2, -0.15) is 0 Å². The fraction of sp³-hybridized carbons (Fsp3) is 0.154. The highest BCUT2D eigenvalue weighted by Gasteiger charge is 2.09. The van der Waals surface area contributed by atoms with Gasteiger partial charge in [-0.1, -0.05) is 0 Å². The molecule has 17 heavy (non-hydrogen) atoms. The fourth-order valence-electron chi connectivity index (χ4n) is 1.76. The average Bonchev–Trinajstić information content (AvgIpc) is 2.35. The summed E-state index contributed by atoms with van der Waals surface area (Å²) in [5, 5.41) is 0. The summed E-state index contributed by atoms with van der Waals surface area (Å²) in [5.74, 6) is -0.243. The maximum Gasteiger partial charge on any atom is 0.123 e. The highest BCUT2D eigenvalue weighted by atomic mass is 19.1. The lowest BCUT2D eigenvalue weighted by atomic mass is 10.2. The normalized spacial score (nSPS) is 10.2. The van der Waals surface area contributed by atoms with Gasteiger partial charge in [0.2, 0.25) is 0 Å². The lowest BCUT2D eigenvalue weighted by Crippen LogP contribution is -2.17. The maximum absolute atomic E-state index is 12.9. The van der Waals surface area contributed by atoms with E-state index in [1.807, 2.05) is 17.9 Å². The SMILES string of the molecule is CCN(c1ccc(F)cc1)c1ccncc1N. The molecule has 1 aromatic heterocycles. The number of hydrogen-bond donors (Lipinski definition) is 1. The van der Waals surface area contributed by atoms with Gasteiger partial charge >= 0.3 is 0 Å². The molecule has 2 aromatic rings. The Kier molecular flexibility index (Phi) is 3.23. The van der Waals surface area contributed by atoms with E-state index in [2.05, 4.69) is 4.98 Å². The summed E-state index contributed by atoms with van der Waals surface area (Å²) < 4.78 is 12.9. The lowest BCUT2D eigenvalue weighted by Gasteiger charge is -2.24. The zero-order valence-corrected chi connectivity index (χ0v) is 9.60. The van der Waals surface area contributed by atoms with E-state index >= 15 is 0 Å². The zero-order chi connectivity index (χ0) is 12.3. The van der Waals surface area contributed by atoms with Gasteiger partial charge in [-0.15, -0.1) is 0 Å². The number of nitrogens with zero attached hydrogens (tertiary/aromatic N) is 2. The summed E-state index contributed by atoms with van der Waals surface area (Å²) in [6, 6.07) is 8.20. The third-order valence-electron chi connectivity index (χ3n) is 2.57. The minimum absolute atomic E-state index is 0.243. The molecule has 0 aliphatic heterocycles. The molecule has 2 N–H and O–H groups in total. The summed E-state index contributed by atoms with van der Waals surface area (Å²) in [7, 11) is 0. The topological polar surface area (TPSA) is 42.2 Å². The van der Waals surface area contributed by atoms with Gasteiger partial charge in [0.05, 0.1) is 17.6 Å². The van der Waals surface area contributed by atoms with Crippen LogP contribution in [-0.2, 0) is 0 Å². The molecule has 0 spiro atoms. The molecule has 0 fully saturated rings. The summed E-state index contributed by atoms with van der Waals surface area (Å²) in [6.45, 7) is 2.77. The first-order valence-corrected chi connectivity index (χ1v) is 5.45. The predicted octanol–water partition coefficient (Wildman–Crippen LogP) is 2.96. The van der Waals surface area contributed by atoms with E-state index < -0.39 is 0 Å². The average molecular weight is 231 g/mol. The van der Waals surface area contributed by atoms with Gasteiger partial charge in [0.1, 0.15) is 5.82 Å². The summed E-state index contributed by atoms with van der Waals surface area (Å²) in [4.78, 5) is 5.97. The highest BCUT2D eigenvalue weighted by Crippen LogP contribution is 2.29. The molecule has 0 amide bonds. The Morgan fingerprint density at radius 1 is 1.24 bits per heavy atom. The lowest BCUT2D eigenvalue weighted by molar-refractivity contribution is 0.628. The smallest absolute Gasteiger partial charge is 0.123 e. The first-order chi connectivity index (χ1) is 8.22. The summed E-state index contributed by atoms with van der Waals surface area (Å²) in [6.07, 6.45) is 3.30. The predicted molar refractivity (Wildman–Crippen MR) is 67.7 cm³/mol. The molecular weight excluding hydrogens is 217 g/mol. The van der Waals surface area contributed by atoms with Crippen molar-refractivity contribution in [1.29, 1.82) is 0 Å². The second kappa shape index (κ2) is 4.82. The standard InChI is InChI=1S/C13H14FN3/c1-2-17(11-5-3-10(14)4-6-11)13-7-8-16-9-12(13)15/h3-9H,2,15H2,1H3. The van der Waals surface area contributed by atoms with Crippen molar-refractivity contribution in [3.63, 3.8) is 0 Å². The molecule has 0 unspecified atom stereocenters. The first kappa shape index (κ1) is 11.4. The van der Waals surface area contributed by atoms with E-state index in [1.165, 1.54) is 12.1 Å². The fourth-order valence-corrected chi connectivity index (χ4v) is 1.76. The van der Waals surface area contributed by atoms with Gasteiger partial charge < -0.3 is 10.6 Å². The van der Waals surface area contributed by atoms with Crippen LogP contribution in [0, 0.1) is 5.82 Å². The van der Waals surface area contributed by atoms with Crippen LogP contribution >= 0.6 is 0 Å². The summed E-state index contributed by atoms with van der Waals surface area (Å²) in [5.41, 5.74) is 8.29. The molecule has 0 saturated heterocycles.